The molecule has 1 amide bonds. The molecule has 0 saturated heterocycles. The summed E-state index contributed by atoms with van der Waals surface area (Å²) in [6, 6.07) is 8.43. The third kappa shape index (κ3) is 5.55. The molecule has 1 aromatic heterocycles. The maximum Gasteiger partial charge on any atom is 0.416 e. The average molecular weight is 449 g/mol. The summed E-state index contributed by atoms with van der Waals surface area (Å²) in [5.41, 5.74) is 0.247. The van der Waals surface area contributed by atoms with Crippen LogP contribution in [0.4, 0.5) is 18.9 Å². The fourth-order valence-electron chi connectivity index (χ4n) is 3.13. The van der Waals surface area contributed by atoms with E-state index in [1.54, 1.807) is 24.1 Å². The van der Waals surface area contributed by atoms with Crippen LogP contribution >= 0.6 is 0 Å². The van der Waals surface area contributed by atoms with Gasteiger partial charge in [-0.15, -0.1) is 0 Å². The first-order chi connectivity index (χ1) is 15.2. The van der Waals surface area contributed by atoms with Gasteiger partial charge in [0, 0.05) is 6.54 Å². The van der Waals surface area contributed by atoms with E-state index in [1.807, 2.05) is 6.07 Å². The Labute approximate surface area is 182 Å². The molecule has 0 aliphatic carbocycles. The van der Waals surface area contributed by atoms with Gasteiger partial charge in [0.05, 0.1) is 37.7 Å². The maximum atomic E-state index is 13.2. The molecule has 3 rings (SSSR count). The van der Waals surface area contributed by atoms with Crippen LogP contribution in [-0.2, 0) is 17.5 Å². The van der Waals surface area contributed by atoms with E-state index in [9.17, 15) is 18.0 Å². The van der Waals surface area contributed by atoms with E-state index in [0.717, 1.165) is 17.7 Å². The Hall–Kier alpha value is -3.60. The summed E-state index contributed by atoms with van der Waals surface area (Å²) in [7, 11) is 4.79. The number of carbonyl (C=O) groups is 1. The number of benzene rings is 2. The molecule has 32 heavy (non-hydrogen) atoms. The highest BCUT2D eigenvalue weighted by Crippen LogP contribution is 2.33. The first-order valence-electron chi connectivity index (χ1n) is 9.47. The number of ether oxygens (including phenoxy) is 2. The summed E-state index contributed by atoms with van der Waals surface area (Å²) in [6.07, 6.45) is -1.97. The normalized spacial score (nSPS) is 11.5. The van der Waals surface area contributed by atoms with E-state index < -0.39 is 17.6 Å². The van der Waals surface area contributed by atoms with E-state index in [1.165, 1.54) is 37.6 Å². The molecule has 0 unspecified atom stereocenters. The number of hydrogen-bond acceptors (Lipinski definition) is 6. The van der Waals surface area contributed by atoms with Crippen molar-refractivity contribution in [3.8, 4) is 17.2 Å². The number of anilines is 1. The van der Waals surface area contributed by atoms with Gasteiger partial charge < -0.3 is 14.8 Å². The Kier molecular flexibility index (Phi) is 6.98. The number of aromatic nitrogens is 3. The van der Waals surface area contributed by atoms with Crippen molar-refractivity contribution in [3.05, 3.63) is 60.2 Å². The number of amides is 1. The molecule has 0 aliphatic heterocycles. The molecular formula is C21H22F3N5O3. The SMILES string of the molecule is COc1ccc(CN(C)CC(=O)Nc2cc(C(F)(F)F)ccc2-n2cncn2)cc1OC. The van der Waals surface area contributed by atoms with Crippen LogP contribution in [0.15, 0.2) is 49.1 Å². The fraction of sp³-hybridized carbons (Fsp3) is 0.286. The van der Waals surface area contributed by atoms with Crippen molar-refractivity contribution in [2.24, 2.45) is 0 Å². The van der Waals surface area contributed by atoms with E-state index in [2.05, 4.69) is 15.4 Å². The van der Waals surface area contributed by atoms with Gasteiger partial charge in [-0.2, -0.15) is 18.3 Å². The number of rotatable bonds is 8. The predicted molar refractivity (Wildman–Crippen MR) is 111 cm³/mol. The minimum atomic E-state index is -4.55. The monoisotopic (exact) mass is 449 g/mol. The topological polar surface area (TPSA) is 81.5 Å². The average Bonchev–Trinajstić information content (AvgIpc) is 3.27. The molecule has 2 aromatic carbocycles. The van der Waals surface area contributed by atoms with Crippen LogP contribution in [0, 0.1) is 0 Å². The van der Waals surface area contributed by atoms with Gasteiger partial charge in [0.15, 0.2) is 11.5 Å². The smallest absolute Gasteiger partial charge is 0.416 e. The lowest BCUT2D eigenvalue weighted by Crippen LogP contribution is -2.30. The fourth-order valence-corrected chi connectivity index (χ4v) is 3.13. The second-order valence-electron chi connectivity index (χ2n) is 6.98. The van der Waals surface area contributed by atoms with Crippen LogP contribution in [0.2, 0.25) is 0 Å². The van der Waals surface area contributed by atoms with Gasteiger partial charge in [-0.3, -0.25) is 9.69 Å². The number of methoxy groups -OCH3 is 2. The third-order valence-electron chi connectivity index (χ3n) is 4.58. The van der Waals surface area contributed by atoms with Crippen molar-refractivity contribution in [2.75, 3.05) is 33.1 Å². The number of nitrogens with zero attached hydrogens (tertiary/aromatic N) is 4. The molecule has 8 nitrogen and oxygen atoms in total. The van der Waals surface area contributed by atoms with Crippen molar-refractivity contribution >= 4 is 11.6 Å². The summed E-state index contributed by atoms with van der Waals surface area (Å²) in [4.78, 5) is 18.1. The van der Waals surface area contributed by atoms with Crippen molar-refractivity contribution in [2.45, 2.75) is 12.7 Å². The van der Waals surface area contributed by atoms with E-state index >= 15 is 0 Å². The summed E-state index contributed by atoms with van der Waals surface area (Å²) < 4.78 is 51.3. The van der Waals surface area contributed by atoms with Crippen LogP contribution < -0.4 is 14.8 Å². The van der Waals surface area contributed by atoms with Gasteiger partial charge in [-0.05, 0) is 42.9 Å². The zero-order valence-electron chi connectivity index (χ0n) is 17.7. The molecule has 3 aromatic rings. The molecule has 11 heteroatoms. The number of nitrogens with one attached hydrogen (secondary N) is 1. The lowest BCUT2D eigenvalue weighted by atomic mass is 10.1. The first-order valence-corrected chi connectivity index (χ1v) is 9.47. The van der Waals surface area contributed by atoms with Crippen LogP contribution in [0.25, 0.3) is 5.69 Å². The molecule has 0 spiro atoms. The minimum Gasteiger partial charge on any atom is -0.493 e. The standard InChI is InChI=1S/C21H22F3N5O3/c1-28(10-14-4-7-18(31-2)19(8-14)32-3)11-20(30)27-16-9-15(21(22,23)24)5-6-17(16)29-13-25-12-26-29/h4-9,12-13H,10-11H2,1-3H3,(H,27,30). The zero-order chi connectivity index (χ0) is 23.3. The van der Waals surface area contributed by atoms with Crippen LogP contribution in [0.1, 0.15) is 11.1 Å². The Morgan fingerprint density at radius 3 is 2.50 bits per heavy atom. The highest BCUT2D eigenvalue weighted by molar-refractivity contribution is 5.94. The van der Waals surface area contributed by atoms with E-state index in [-0.39, 0.29) is 17.9 Å². The summed E-state index contributed by atoms with van der Waals surface area (Å²) in [6.45, 7) is 0.355. The molecular weight excluding hydrogens is 427 g/mol. The number of halogens is 3. The molecule has 0 bridgehead atoms. The Bertz CT molecular complexity index is 1070. The quantitative estimate of drug-likeness (QED) is 0.568. The van der Waals surface area contributed by atoms with Gasteiger partial charge in [-0.1, -0.05) is 6.07 Å². The highest BCUT2D eigenvalue weighted by atomic mass is 19.4. The second kappa shape index (κ2) is 9.69. The Balaban J connectivity index is 1.74. The zero-order valence-corrected chi connectivity index (χ0v) is 17.7. The molecule has 0 radical (unpaired) electrons. The lowest BCUT2D eigenvalue weighted by Gasteiger charge is -2.19. The molecule has 1 N–H and O–H groups in total. The third-order valence-corrected chi connectivity index (χ3v) is 4.58. The van der Waals surface area contributed by atoms with Gasteiger partial charge in [0.1, 0.15) is 12.7 Å². The number of likely N-dealkylation sites (N-methyl/N-ethyl adjacent to an activating group) is 1. The Morgan fingerprint density at radius 1 is 1.12 bits per heavy atom. The lowest BCUT2D eigenvalue weighted by molar-refractivity contribution is -0.137. The van der Waals surface area contributed by atoms with E-state index in [4.69, 9.17) is 9.47 Å². The highest BCUT2D eigenvalue weighted by Gasteiger charge is 2.31. The summed E-state index contributed by atoms with van der Waals surface area (Å²) in [5, 5.41) is 6.49. The van der Waals surface area contributed by atoms with Crippen LogP contribution in [0.5, 0.6) is 11.5 Å². The second-order valence-corrected chi connectivity index (χ2v) is 6.98. The minimum absolute atomic E-state index is 0.0187. The number of hydrogen-bond donors (Lipinski definition) is 1. The van der Waals surface area contributed by atoms with Crippen LogP contribution in [-0.4, -0.2) is 53.4 Å². The largest absolute Gasteiger partial charge is 0.493 e. The van der Waals surface area contributed by atoms with Crippen molar-refractivity contribution in [1.29, 1.82) is 0 Å². The van der Waals surface area contributed by atoms with Crippen LogP contribution in [0.3, 0.4) is 0 Å². The van der Waals surface area contributed by atoms with Gasteiger partial charge in [-0.25, -0.2) is 9.67 Å². The Morgan fingerprint density at radius 2 is 1.88 bits per heavy atom. The predicted octanol–water partition coefficient (Wildman–Crippen LogP) is 3.37. The summed E-state index contributed by atoms with van der Waals surface area (Å²) >= 11 is 0. The molecule has 170 valence electrons. The molecule has 0 aliphatic rings. The van der Waals surface area contributed by atoms with Crippen molar-refractivity contribution in [3.63, 3.8) is 0 Å². The number of alkyl halides is 3. The maximum absolute atomic E-state index is 13.2. The van der Waals surface area contributed by atoms with Gasteiger partial charge in [0.2, 0.25) is 5.91 Å². The van der Waals surface area contributed by atoms with Gasteiger partial charge in [0.25, 0.3) is 0 Å². The van der Waals surface area contributed by atoms with Crippen molar-refractivity contribution < 1.29 is 27.4 Å². The first kappa shape index (κ1) is 23.1. The van der Waals surface area contributed by atoms with E-state index in [0.29, 0.717) is 18.0 Å². The summed E-state index contributed by atoms with van der Waals surface area (Å²) in [5.74, 6) is 0.666. The molecule has 1 heterocycles. The van der Waals surface area contributed by atoms with Gasteiger partial charge >= 0.3 is 6.18 Å². The number of carbonyl (C=O) groups excluding carboxylic acids is 1. The molecule has 0 atom stereocenters. The van der Waals surface area contributed by atoms with Crippen molar-refractivity contribution in [1.82, 2.24) is 19.7 Å². The molecule has 0 saturated carbocycles. The molecule has 0 fully saturated rings.